The number of fused-ring (bicyclic) bond motifs is 2. The Kier molecular flexibility index (Phi) is 7.11. The van der Waals surface area contributed by atoms with Gasteiger partial charge in [0.15, 0.2) is 0 Å². The second-order valence-electron chi connectivity index (χ2n) is 6.11. The molecule has 1 amide bonds. The fraction of sp³-hybridized carbons (Fsp3) is 0.929. The highest BCUT2D eigenvalue weighted by Gasteiger charge is 2.37. The van der Waals surface area contributed by atoms with E-state index in [1.54, 1.807) is 25.8 Å². The van der Waals surface area contributed by atoms with E-state index in [9.17, 15) is 13.2 Å². The van der Waals surface area contributed by atoms with E-state index in [0.717, 1.165) is 12.8 Å². The van der Waals surface area contributed by atoms with E-state index >= 15 is 0 Å². The first kappa shape index (κ1) is 19.7. The standard InChI is InChI=1S/C14H27N3O3S.ClH/c1-4-17(5-2)21(19,20)10-14(18)16(3)13-8-11-6-7-12(9-13)15-11;/h11-13,15H,4-10H2,1-3H3;1H. The molecule has 2 saturated heterocycles. The maximum Gasteiger partial charge on any atom is 0.239 e. The van der Waals surface area contributed by atoms with Gasteiger partial charge in [-0.3, -0.25) is 4.79 Å². The van der Waals surface area contributed by atoms with E-state index < -0.39 is 15.8 Å². The van der Waals surface area contributed by atoms with Crippen LogP contribution in [0.2, 0.25) is 0 Å². The minimum Gasteiger partial charge on any atom is -0.342 e. The van der Waals surface area contributed by atoms with Gasteiger partial charge in [0.05, 0.1) is 0 Å². The van der Waals surface area contributed by atoms with Gasteiger partial charge in [0, 0.05) is 38.3 Å². The van der Waals surface area contributed by atoms with Gasteiger partial charge in [0.1, 0.15) is 5.75 Å². The van der Waals surface area contributed by atoms with Crippen molar-refractivity contribution in [2.75, 3.05) is 25.9 Å². The largest absolute Gasteiger partial charge is 0.342 e. The third-order valence-electron chi connectivity index (χ3n) is 4.79. The van der Waals surface area contributed by atoms with Crippen LogP contribution < -0.4 is 5.32 Å². The van der Waals surface area contributed by atoms with E-state index in [2.05, 4.69) is 5.32 Å². The Morgan fingerprint density at radius 3 is 2.09 bits per heavy atom. The van der Waals surface area contributed by atoms with Crippen molar-refractivity contribution in [3.8, 4) is 0 Å². The smallest absolute Gasteiger partial charge is 0.239 e. The predicted octanol–water partition coefficient (Wildman–Crippen LogP) is 0.821. The topological polar surface area (TPSA) is 69.7 Å². The fourth-order valence-electron chi connectivity index (χ4n) is 3.51. The molecule has 130 valence electrons. The van der Waals surface area contributed by atoms with Crippen LogP contribution in [0.15, 0.2) is 0 Å². The molecule has 2 fully saturated rings. The lowest BCUT2D eigenvalue weighted by Gasteiger charge is -2.35. The summed E-state index contributed by atoms with van der Waals surface area (Å²) >= 11 is 0. The highest BCUT2D eigenvalue weighted by atomic mass is 35.5. The molecule has 6 nitrogen and oxygen atoms in total. The zero-order valence-corrected chi connectivity index (χ0v) is 15.3. The number of rotatable bonds is 6. The highest BCUT2D eigenvalue weighted by Crippen LogP contribution is 2.29. The normalized spacial score (nSPS) is 27.5. The van der Waals surface area contributed by atoms with Crippen molar-refractivity contribution in [1.82, 2.24) is 14.5 Å². The second kappa shape index (κ2) is 7.95. The van der Waals surface area contributed by atoms with Crippen LogP contribution in [0.25, 0.3) is 0 Å². The highest BCUT2D eigenvalue weighted by molar-refractivity contribution is 7.89. The van der Waals surface area contributed by atoms with Crippen molar-refractivity contribution in [2.24, 2.45) is 0 Å². The van der Waals surface area contributed by atoms with Gasteiger partial charge in [0.2, 0.25) is 15.9 Å². The van der Waals surface area contributed by atoms with E-state index in [1.165, 1.54) is 17.1 Å². The molecular weight excluding hydrogens is 326 g/mol. The SMILES string of the molecule is CCN(CC)S(=O)(=O)CC(=O)N(C)C1CC2CCC(C1)N2.Cl. The van der Waals surface area contributed by atoms with Crippen molar-refractivity contribution in [1.29, 1.82) is 0 Å². The number of hydrogen-bond acceptors (Lipinski definition) is 4. The summed E-state index contributed by atoms with van der Waals surface area (Å²) in [5.41, 5.74) is 0. The van der Waals surface area contributed by atoms with Crippen molar-refractivity contribution in [3.05, 3.63) is 0 Å². The van der Waals surface area contributed by atoms with Gasteiger partial charge in [-0.25, -0.2) is 12.7 Å². The summed E-state index contributed by atoms with van der Waals surface area (Å²) in [4.78, 5) is 14.0. The van der Waals surface area contributed by atoms with Crippen LogP contribution in [0.3, 0.4) is 0 Å². The number of piperidine rings is 1. The lowest BCUT2D eigenvalue weighted by Crippen LogP contribution is -2.50. The number of nitrogens with one attached hydrogen (secondary N) is 1. The van der Waals surface area contributed by atoms with Gasteiger partial charge in [-0.15, -0.1) is 12.4 Å². The molecule has 1 N–H and O–H groups in total. The molecule has 2 aliphatic heterocycles. The first-order chi connectivity index (χ1) is 9.87. The molecular formula is C14H28ClN3O3S. The van der Waals surface area contributed by atoms with E-state index in [4.69, 9.17) is 0 Å². The van der Waals surface area contributed by atoms with Crippen LogP contribution in [-0.2, 0) is 14.8 Å². The summed E-state index contributed by atoms with van der Waals surface area (Å²) in [6.45, 7) is 4.40. The Balaban J connectivity index is 0.00000242. The van der Waals surface area contributed by atoms with E-state index in [0.29, 0.717) is 25.2 Å². The lowest BCUT2D eigenvalue weighted by molar-refractivity contribution is -0.129. The summed E-state index contributed by atoms with van der Waals surface area (Å²) in [5, 5.41) is 3.53. The maximum absolute atomic E-state index is 12.3. The van der Waals surface area contributed by atoms with Crippen molar-refractivity contribution in [3.63, 3.8) is 0 Å². The molecule has 0 saturated carbocycles. The quantitative estimate of drug-likeness (QED) is 0.767. The Hall–Kier alpha value is -0.370. The average Bonchev–Trinajstić information content (AvgIpc) is 2.77. The minimum atomic E-state index is -3.49. The molecule has 0 aromatic rings. The number of hydrogen-bond donors (Lipinski definition) is 1. The molecule has 0 aromatic carbocycles. The molecule has 2 bridgehead atoms. The summed E-state index contributed by atoms with van der Waals surface area (Å²) < 4.78 is 25.7. The predicted molar refractivity (Wildman–Crippen MR) is 89.7 cm³/mol. The summed E-state index contributed by atoms with van der Waals surface area (Å²) in [6, 6.07) is 1.15. The summed E-state index contributed by atoms with van der Waals surface area (Å²) in [6.07, 6.45) is 4.20. The molecule has 0 aliphatic carbocycles. The first-order valence-corrected chi connectivity index (χ1v) is 9.47. The van der Waals surface area contributed by atoms with Crippen molar-refractivity contribution >= 4 is 28.3 Å². The van der Waals surface area contributed by atoms with Gasteiger partial charge in [-0.1, -0.05) is 13.8 Å². The third kappa shape index (κ3) is 4.34. The number of carbonyl (C=O) groups is 1. The molecule has 0 spiro atoms. The first-order valence-electron chi connectivity index (χ1n) is 7.86. The molecule has 0 radical (unpaired) electrons. The third-order valence-corrected chi connectivity index (χ3v) is 6.71. The zero-order valence-electron chi connectivity index (χ0n) is 13.6. The minimum absolute atomic E-state index is 0. The van der Waals surface area contributed by atoms with Crippen LogP contribution >= 0.6 is 12.4 Å². The number of nitrogens with zero attached hydrogens (tertiary/aromatic N) is 2. The molecule has 2 aliphatic rings. The van der Waals surface area contributed by atoms with E-state index in [1.807, 2.05) is 0 Å². The molecule has 2 unspecified atom stereocenters. The van der Waals surface area contributed by atoms with Crippen molar-refractivity contribution in [2.45, 2.75) is 57.7 Å². The Labute approximate surface area is 140 Å². The molecule has 2 heterocycles. The Morgan fingerprint density at radius 1 is 1.14 bits per heavy atom. The van der Waals surface area contributed by atoms with Gasteiger partial charge in [-0.2, -0.15) is 0 Å². The Bertz CT molecular complexity index is 470. The molecule has 2 atom stereocenters. The van der Waals surface area contributed by atoms with Crippen molar-refractivity contribution < 1.29 is 13.2 Å². The number of carbonyl (C=O) groups excluding carboxylic acids is 1. The van der Waals surface area contributed by atoms with Crippen LogP contribution in [-0.4, -0.2) is 67.5 Å². The lowest BCUT2D eigenvalue weighted by atomic mass is 9.98. The second-order valence-corrected chi connectivity index (χ2v) is 8.08. The van der Waals surface area contributed by atoms with Crippen LogP contribution in [0.4, 0.5) is 0 Å². The Morgan fingerprint density at radius 2 is 1.64 bits per heavy atom. The van der Waals surface area contributed by atoms with Gasteiger partial charge < -0.3 is 10.2 Å². The monoisotopic (exact) mass is 353 g/mol. The average molecular weight is 354 g/mol. The number of sulfonamides is 1. The zero-order chi connectivity index (χ0) is 15.6. The molecule has 8 heteroatoms. The summed E-state index contributed by atoms with van der Waals surface area (Å²) in [7, 11) is -1.74. The number of halogens is 1. The van der Waals surface area contributed by atoms with Gasteiger partial charge in [-0.05, 0) is 25.7 Å². The maximum atomic E-state index is 12.3. The summed E-state index contributed by atoms with van der Waals surface area (Å²) in [5.74, 6) is -0.696. The van der Waals surface area contributed by atoms with E-state index in [-0.39, 0.29) is 24.4 Å². The molecule has 22 heavy (non-hydrogen) atoms. The fourth-order valence-corrected chi connectivity index (χ4v) is 5.00. The molecule has 2 rings (SSSR count). The molecule has 0 aromatic heterocycles. The van der Waals surface area contributed by atoms with Crippen LogP contribution in [0.1, 0.15) is 39.5 Å². The van der Waals surface area contributed by atoms with Gasteiger partial charge in [0.25, 0.3) is 0 Å². The van der Waals surface area contributed by atoms with Gasteiger partial charge >= 0.3 is 0 Å². The number of amides is 1. The van der Waals surface area contributed by atoms with Crippen LogP contribution in [0.5, 0.6) is 0 Å². The van der Waals surface area contributed by atoms with Crippen LogP contribution in [0, 0.1) is 0 Å².